The Morgan fingerprint density at radius 3 is 3.08 bits per heavy atom. The third-order valence-electron chi connectivity index (χ3n) is 2.30. The summed E-state index contributed by atoms with van der Waals surface area (Å²) in [5.74, 6) is 0.696. The Hall–Kier alpha value is -0.150. The number of thiol groups is 1. The lowest BCUT2D eigenvalue weighted by Gasteiger charge is -2.15. The summed E-state index contributed by atoms with van der Waals surface area (Å²) in [4.78, 5) is 4.26. The third kappa shape index (κ3) is 1.25. The van der Waals surface area contributed by atoms with Crippen LogP contribution in [0.1, 0.15) is 24.2 Å². The molecule has 0 saturated heterocycles. The minimum absolute atomic E-state index is 0.633. The summed E-state index contributed by atoms with van der Waals surface area (Å²) in [6.45, 7) is 1.02. The van der Waals surface area contributed by atoms with Gasteiger partial charge in [-0.1, -0.05) is 0 Å². The molecule has 0 radical (unpaired) electrons. The van der Waals surface area contributed by atoms with Crippen LogP contribution < -0.4 is 0 Å². The van der Waals surface area contributed by atoms with Crippen molar-refractivity contribution in [2.45, 2.75) is 31.6 Å². The number of fused-ring (bicyclic) bond motifs is 1. The van der Waals surface area contributed by atoms with Crippen LogP contribution in [0, 0.1) is 0 Å². The molecule has 0 atom stereocenters. The van der Waals surface area contributed by atoms with Gasteiger partial charge in [-0.3, -0.25) is 0 Å². The van der Waals surface area contributed by atoms with E-state index in [2.05, 4.69) is 22.2 Å². The zero-order valence-corrected chi connectivity index (χ0v) is 8.41. The fourth-order valence-corrected chi connectivity index (χ4v) is 2.24. The van der Waals surface area contributed by atoms with E-state index in [9.17, 15) is 0 Å². The van der Waals surface area contributed by atoms with E-state index >= 15 is 0 Å². The molecule has 0 aromatic carbocycles. The zero-order chi connectivity index (χ0) is 8.55. The molecular formula is C8H11ClN2S. The molecule has 0 spiro atoms. The van der Waals surface area contributed by atoms with E-state index in [-0.39, 0.29) is 0 Å². The number of imidazole rings is 1. The monoisotopic (exact) mass is 202 g/mol. The van der Waals surface area contributed by atoms with Crippen molar-refractivity contribution in [3.63, 3.8) is 0 Å². The molecule has 1 aliphatic rings. The molecule has 0 amide bonds. The number of hydrogen-bond acceptors (Lipinski definition) is 2. The summed E-state index contributed by atoms with van der Waals surface area (Å²) < 4.78 is 2.11. The summed E-state index contributed by atoms with van der Waals surface area (Å²) >= 11 is 10.2. The van der Waals surface area contributed by atoms with Crippen molar-refractivity contribution in [3.05, 3.63) is 16.7 Å². The van der Waals surface area contributed by atoms with Gasteiger partial charge in [0.15, 0.2) is 0 Å². The zero-order valence-electron chi connectivity index (χ0n) is 6.76. The van der Waals surface area contributed by atoms with Gasteiger partial charge in [-0.15, -0.1) is 0 Å². The molecule has 1 aliphatic heterocycles. The van der Waals surface area contributed by atoms with E-state index in [0.29, 0.717) is 11.0 Å². The standard InChI is InChI=1S/C8H11ClN2S/c9-8-10-6(5-12)7-3-1-2-4-11(7)8/h12H,1-5H2. The highest BCUT2D eigenvalue weighted by atomic mass is 35.5. The van der Waals surface area contributed by atoms with Crippen molar-refractivity contribution in [1.82, 2.24) is 9.55 Å². The molecule has 4 heteroatoms. The highest BCUT2D eigenvalue weighted by Crippen LogP contribution is 2.24. The molecule has 0 N–H and O–H groups in total. The molecule has 12 heavy (non-hydrogen) atoms. The van der Waals surface area contributed by atoms with E-state index in [4.69, 9.17) is 11.6 Å². The average molecular weight is 203 g/mol. The summed E-state index contributed by atoms with van der Waals surface area (Å²) in [6.07, 6.45) is 3.58. The fraction of sp³-hybridized carbons (Fsp3) is 0.625. The Kier molecular flexibility index (Phi) is 2.33. The lowest BCUT2D eigenvalue weighted by molar-refractivity contribution is 0.531. The summed E-state index contributed by atoms with van der Waals surface area (Å²) in [5.41, 5.74) is 2.35. The SMILES string of the molecule is SCc1nc(Cl)n2c1CCCC2. The van der Waals surface area contributed by atoms with Gasteiger partial charge in [0, 0.05) is 18.0 Å². The van der Waals surface area contributed by atoms with Crippen LogP contribution in [0.25, 0.3) is 0 Å². The first-order valence-electron chi connectivity index (χ1n) is 4.17. The Bertz CT molecular complexity index is 295. The maximum atomic E-state index is 5.96. The van der Waals surface area contributed by atoms with Gasteiger partial charge in [-0.05, 0) is 30.9 Å². The van der Waals surface area contributed by atoms with E-state index in [1.807, 2.05) is 0 Å². The van der Waals surface area contributed by atoms with Crippen molar-refractivity contribution >= 4 is 24.2 Å². The number of hydrogen-bond donors (Lipinski definition) is 1. The van der Waals surface area contributed by atoms with Crippen LogP contribution in [-0.2, 0) is 18.7 Å². The maximum Gasteiger partial charge on any atom is 0.203 e. The number of nitrogens with zero attached hydrogens (tertiary/aromatic N) is 2. The van der Waals surface area contributed by atoms with Crippen molar-refractivity contribution in [2.75, 3.05) is 0 Å². The van der Waals surface area contributed by atoms with Crippen LogP contribution in [0.4, 0.5) is 0 Å². The highest BCUT2D eigenvalue weighted by molar-refractivity contribution is 7.79. The van der Waals surface area contributed by atoms with Crippen LogP contribution in [0.15, 0.2) is 0 Å². The molecule has 0 unspecified atom stereocenters. The third-order valence-corrected chi connectivity index (χ3v) is 2.89. The van der Waals surface area contributed by atoms with Crippen molar-refractivity contribution in [3.8, 4) is 0 Å². The van der Waals surface area contributed by atoms with Gasteiger partial charge in [-0.2, -0.15) is 12.6 Å². The Labute approximate surface area is 82.3 Å². The lowest BCUT2D eigenvalue weighted by Crippen LogP contribution is -2.10. The van der Waals surface area contributed by atoms with E-state index in [1.54, 1.807) is 0 Å². The molecular weight excluding hydrogens is 192 g/mol. The quantitative estimate of drug-likeness (QED) is 0.692. The summed E-state index contributed by atoms with van der Waals surface area (Å²) in [6, 6.07) is 0. The molecule has 0 bridgehead atoms. The lowest BCUT2D eigenvalue weighted by atomic mass is 10.1. The highest BCUT2D eigenvalue weighted by Gasteiger charge is 2.17. The smallest absolute Gasteiger partial charge is 0.203 e. The first kappa shape index (κ1) is 8.45. The molecule has 0 aliphatic carbocycles. The average Bonchev–Trinajstić information content (AvgIpc) is 2.44. The van der Waals surface area contributed by atoms with Crippen molar-refractivity contribution in [1.29, 1.82) is 0 Å². The molecule has 2 nitrogen and oxygen atoms in total. The van der Waals surface area contributed by atoms with Gasteiger partial charge < -0.3 is 4.57 Å². The van der Waals surface area contributed by atoms with Gasteiger partial charge in [0.1, 0.15) is 0 Å². The normalized spacial score (nSPS) is 16.2. The van der Waals surface area contributed by atoms with Gasteiger partial charge >= 0.3 is 0 Å². The van der Waals surface area contributed by atoms with E-state index < -0.39 is 0 Å². The second-order valence-corrected chi connectivity index (χ2v) is 3.70. The van der Waals surface area contributed by atoms with E-state index in [1.165, 1.54) is 18.5 Å². The number of aromatic nitrogens is 2. The molecule has 66 valence electrons. The second-order valence-electron chi connectivity index (χ2n) is 3.04. The largest absolute Gasteiger partial charge is 0.319 e. The Balaban J connectivity index is 2.47. The minimum atomic E-state index is 0.633. The molecule has 2 rings (SSSR count). The van der Waals surface area contributed by atoms with Gasteiger partial charge in [0.25, 0.3) is 0 Å². The van der Waals surface area contributed by atoms with Crippen LogP contribution in [-0.4, -0.2) is 9.55 Å². The van der Waals surface area contributed by atoms with Gasteiger partial charge in [-0.25, -0.2) is 4.98 Å². The predicted molar refractivity (Wildman–Crippen MR) is 52.9 cm³/mol. The van der Waals surface area contributed by atoms with Crippen LogP contribution in [0.2, 0.25) is 5.28 Å². The molecule has 1 aromatic heterocycles. The summed E-state index contributed by atoms with van der Waals surface area (Å²) in [7, 11) is 0. The number of rotatable bonds is 1. The van der Waals surface area contributed by atoms with Crippen LogP contribution in [0.3, 0.4) is 0 Å². The molecule has 1 aromatic rings. The molecule has 0 saturated carbocycles. The van der Waals surface area contributed by atoms with Gasteiger partial charge in [0.2, 0.25) is 5.28 Å². The Morgan fingerprint density at radius 2 is 2.33 bits per heavy atom. The number of halogens is 1. The van der Waals surface area contributed by atoms with Crippen LogP contribution >= 0.6 is 24.2 Å². The molecule has 2 heterocycles. The summed E-state index contributed by atoms with van der Waals surface area (Å²) in [5, 5.41) is 0.633. The first-order chi connectivity index (χ1) is 5.83. The topological polar surface area (TPSA) is 17.8 Å². The second kappa shape index (κ2) is 3.30. The van der Waals surface area contributed by atoms with Gasteiger partial charge in [0.05, 0.1) is 5.69 Å². The maximum absolute atomic E-state index is 5.96. The van der Waals surface area contributed by atoms with Crippen LogP contribution in [0.5, 0.6) is 0 Å². The fourth-order valence-electron chi connectivity index (χ4n) is 1.70. The van der Waals surface area contributed by atoms with E-state index in [0.717, 1.165) is 18.7 Å². The minimum Gasteiger partial charge on any atom is -0.319 e. The predicted octanol–water partition coefficient (Wildman–Crippen LogP) is 2.30. The first-order valence-corrected chi connectivity index (χ1v) is 5.18. The van der Waals surface area contributed by atoms with Crippen molar-refractivity contribution in [2.24, 2.45) is 0 Å². The molecule has 0 fully saturated rings. The van der Waals surface area contributed by atoms with Crippen molar-refractivity contribution < 1.29 is 0 Å². The Morgan fingerprint density at radius 1 is 1.50 bits per heavy atom.